The van der Waals surface area contributed by atoms with E-state index in [0.717, 1.165) is 22.2 Å². The van der Waals surface area contributed by atoms with Crippen LogP contribution in [-0.2, 0) is 14.4 Å². The number of aliphatic carboxylic acids is 2. The molecule has 124 valence electrons. The Morgan fingerprint density at radius 1 is 1.25 bits per heavy atom. The highest BCUT2D eigenvalue weighted by molar-refractivity contribution is 8.26. The van der Waals surface area contributed by atoms with E-state index >= 15 is 0 Å². The zero-order valence-corrected chi connectivity index (χ0v) is 13.9. The van der Waals surface area contributed by atoms with Gasteiger partial charge in [-0.25, -0.2) is 4.79 Å². The van der Waals surface area contributed by atoms with Gasteiger partial charge < -0.3 is 10.2 Å². The van der Waals surface area contributed by atoms with Gasteiger partial charge in [0.25, 0.3) is 5.91 Å². The number of allylic oxidation sites excluding steroid dienone is 2. The van der Waals surface area contributed by atoms with Crippen molar-refractivity contribution in [2.24, 2.45) is 0 Å². The zero-order valence-electron chi connectivity index (χ0n) is 12.3. The molecule has 1 aromatic rings. The fourth-order valence-electron chi connectivity index (χ4n) is 2.03. The summed E-state index contributed by atoms with van der Waals surface area (Å²) in [7, 11) is 0. The maximum Gasteiger partial charge on any atom is 0.327 e. The predicted molar refractivity (Wildman–Crippen MR) is 94.3 cm³/mol. The molecule has 2 rings (SSSR count). The van der Waals surface area contributed by atoms with Gasteiger partial charge in [0.15, 0.2) is 0 Å². The van der Waals surface area contributed by atoms with Crippen LogP contribution in [0.3, 0.4) is 0 Å². The Bertz CT molecular complexity index is 742. The second kappa shape index (κ2) is 7.89. The van der Waals surface area contributed by atoms with Crippen molar-refractivity contribution in [3.05, 3.63) is 53.0 Å². The summed E-state index contributed by atoms with van der Waals surface area (Å²) in [6, 6.07) is 7.91. The summed E-state index contributed by atoms with van der Waals surface area (Å²) >= 11 is 5.98. The average Bonchev–Trinajstić information content (AvgIpc) is 2.80. The first-order valence-corrected chi connectivity index (χ1v) is 8.06. The lowest BCUT2D eigenvalue weighted by Gasteiger charge is -2.21. The third-order valence-electron chi connectivity index (χ3n) is 3.12. The van der Waals surface area contributed by atoms with E-state index in [9.17, 15) is 14.4 Å². The van der Waals surface area contributed by atoms with Crippen LogP contribution in [0.1, 0.15) is 12.0 Å². The number of thiocarbonyl (C=S) groups is 1. The zero-order chi connectivity index (χ0) is 17.7. The fraction of sp³-hybridized carbons (Fsp3) is 0.125. The lowest BCUT2D eigenvalue weighted by atomic mass is 10.2. The van der Waals surface area contributed by atoms with Gasteiger partial charge in [-0.15, -0.1) is 0 Å². The van der Waals surface area contributed by atoms with Gasteiger partial charge in [-0.1, -0.05) is 66.5 Å². The summed E-state index contributed by atoms with van der Waals surface area (Å²) in [4.78, 5) is 35.5. The predicted octanol–water partition coefficient (Wildman–Crippen LogP) is 2.37. The first-order chi connectivity index (χ1) is 11.4. The Hall–Kier alpha value is -2.45. The van der Waals surface area contributed by atoms with Crippen molar-refractivity contribution in [1.82, 2.24) is 4.90 Å². The number of hydrogen-bond donors (Lipinski definition) is 2. The third kappa shape index (κ3) is 4.30. The van der Waals surface area contributed by atoms with Crippen LogP contribution in [0.4, 0.5) is 0 Å². The Balaban J connectivity index is 2.18. The minimum Gasteiger partial charge on any atom is -0.481 e. The van der Waals surface area contributed by atoms with E-state index in [4.69, 9.17) is 22.4 Å². The van der Waals surface area contributed by atoms with E-state index in [1.165, 1.54) is 6.08 Å². The first kappa shape index (κ1) is 17.9. The van der Waals surface area contributed by atoms with Crippen molar-refractivity contribution in [1.29, 1.82) is 0 Å². The van der Waals surface area contributed by atoms with E-state index in [-0.39, 0.29) is 9.23 Å². The van der Waals surface area contributed by atoms with Gasteiger partial charge in [0, 0.05) is 0 Å². The summed E-state index contributed by atoms with van der Waals surface area (Å²) in [6.45, 7) is 0. The van der Waals surface area contributed by atoms with E-state index in [1.807, 2.05) is 30.3 Å². The number of nitrogens with zero attached hydrogens (tertiary/aromatic N) is 1. The molecule has 0 radical (unpaired) electrons. The largest absolute Gasteiger partial charge is 0.481 e. The molecule has 0 spiro atoms. The number of carbonyl (C=O) groups is 3. The maximum absolute atomic E-state index is 12.3. The standard InChI is InChI=1S/C16H13NO5S2/c18-13(19)9-11(15(21)22)17-14(20)12(24-16(17)23)8-4-7-10-5-2-1-3-6-10/h1-8,11H,9H2,(H,18,19)(H,21,22)/b7-4+,12-8+/t11-/m0/s1. The summed E-state index contributed by atoms with van der Waals surface area (Å²) < 4.78 is 0.0352. The molecule has 0 saturated carbocycles. The first-order valence-electron chi connectivity index (χ1n) is 6.83. The molecule has 6 nitrogen and oxygen atoms in total. The number of benzene rings is 1. The molecule has 0 unspecified atom stereocenters. The Labute approximate surface area is 147 Å². The van der Waals surface area contributed by atoms with Crippen molar-refractivity contribution < 1.29 is 24.6 Å². The van der Waals surface area contributed by atoms with E-state index in [2.05, 4.69) is 0 Å². The van der Waals surface area contributed by atoms with Gasteiger partial charge in [-0.3, -0.25) is 14.5 Å². The third-order valence-corrected chi connectivity index (χ3v) is 4.47. The van der Waals surface area contributed by atoms with Gasteiger partial charge in [-0.05, 0) is 11.6 Å². The minimum atomic E-state index is -1.51. The molecule has 1 heterocycles. The minimum absolute atomic E-state index is 0.0352. The number of carboxylic acids is 2. The summed E-state index contributed by atoms with van der Waals surface area (Å²) in [5, 5.41) is 18.0. The maximum atomic E-state index is 12.3. The molecule has 2 N–H and O–H groups in total. The number of amides is 1. The second-order valence-corrected chi connectivity index (χ2v) is 6.47. The van der Waals surface area contributed by atoms with E-state index in [1.54, 1.807) is 12.2 Å². The monoisotopic (exact) mass is 363 g/mol. The lowest BCUT2D eigenvalue weighted by molar-refractivity contribution is -0.150. The van der Waals surface area contributed by atoms with Crippen LogP contribution in [0.5, 0.6) is 0 Å². The van der Waals surface area contributed by atoms with Crippen molar-refractivity contribution in [2.75, 3.05) is 0 Å². The second-order valence-electron chi connectivity index (χ2n) is 4.80. The highest BCUT2D eigenvalue weighted by atomic mass is 32.2. The molecule has 8 heteroatoms. The topological polar surface area (TPSA) is 94.9 Å². The molecule has 24 heavy (non-hydrogen) atoms. The number of carbonyl (C=O) groups excluding carboxylic acids is 1. The molecular formula is C16H13NO5S2. The molecule has 1 aliphatic rings. The smallest absolute Gasteiger partial charge is 0.327 e. The van der Waals surface area contributed by atoms with Crippen molar-refractivity contribution >= 4 is 52.2 Å². The summed E-state index contributed by atoms with van der Waals surface area (Å²) in [5.74, 6) is -3.32. The number of thioether (sulfide) groups is 1. The summed E-state index contributed by atoms with van der Waals surface area (Å²) in [6.07, 6.45) is 4.27. The molecule has 1 aliphatic heterocycles. The van der Waals surface area contributed by atoms with Crippen LogP contribution in [0.25, 0.3) is 6.08 Å². The van der Waals surface area contributed by atoms with Crippen LogP contribution < -0.4 is 0 Å². The van der Waals surface area contributed by atoms with Crippen molar-refractivity contribution in [3.8, 4) is 0 Å². The quantitative estimate of drug-likeness (QED) is 0.592. The molecule has 0 aliphatic carbocycles. The molecule has 1 fully saturated rings. The van der Waals surface area contributed by atoms with Crippen LogP contribution in [0.15, 0.2) is 47.4 Å². The van der Waals surface area contributed by atoms with Crippen molar-refractivity contribution in [3.63, 3.8) is 0 Å². The van der Waals surface area contributed by atoms with Gasteiger partial charge >= 0.3 is 11.9 Å². The van der Waals surface area contributed by atoms with E-state index < -0.39 is 30.3 Å². The highest BCUT2D eigenvalue weighted by Gasteiger charge is 2.41. The molecular weight excluding hydrogens is 350 g/mol. The average molecular weight is 363 g/mol. The van der Waals surface area contributed by atoms with E-state index in [0.29, 0.717) is 0 Å². The lowest BCUT2D eigenvalue weighted by Crippen LogP contribution is -2.45. The Morgan fingerprint density at radius 2 is 1.92 bits per heavy atom. The molecule has 1 atom stereocenters. The molecule has 1 aromatic carbocycles. The Kier molecular flexibility index (Phi) is 5.88. The highest BCUT2D eigenvalue weighted by Crippen LogP contribution is 2.33. The SMILES string of the molecule is O=C(O)C[C@@H](C(=O)O)N1C(=O)/C(=C\C=C\c2ccccc2)SC1=S. The van der Waals surface area contributed by atoms with Crippen LogP contribution in [0.2, 0.25) is 0 Å². The Morgan fingerprint density at radius 3 is 2.50 bits per heavy atom. The number of rotatable bonds is 6. The molecule has 0 bridgehead atoms. The fourth-order valence-corrected chi connectivity index (χ4v) is 3.34. The summed E-state index contributed by atoms with van der Waals surface area (Å²) in [5.41, 5.74) is 0.943. The van der Waals surface area contributed by atoms with Gasteiger partial charge in [0.2, 0.25) is 0 Å². The molecule has 0 aromatic heterocycles. The molecule has 1 amide bonds. The normalized spacial score (nSPS) is 17.7. The van der Waals surface area contributed by atoms with Crippen LogP contribution in [-0.4, -0.2) is 43.3 Å². The van der Waals surface area contributed by atoms with Crippen LogP contribution in [0, 0.1) is 0 Å². The molecule has 1 saturated heterocycles. The number of hydrogen-bond acceptors (Lipinski definition) is 5. The van der Waals surface area contributed by atoms with Crippen molar-refractivity contribution in [2.45, 2.75) is 12.5 Å². The van der Waals surface area contributed by atoms with Gasteiger partial charge in [0.05, 0.1) is 11.3 Å². The van der Waals surface area contributed by atoms with Gasteiger partial charge in [0.1, 0.15) is 10.4 Å². The van der Waals surface area contributed by atoms with Crippen LogP contribution >= 0.6 is 24.0 Å². The van der Waals surface area contributed by atoms with Gasteiger partial charge in [-0.2, -0.15) is 0 Å². The number of carboxylic acid groups (broad SMARTS) is 2.